The van der Waals surface area contributed by atoms with Crippen molar-refractivity contribution in [3.8, 4) is 6.07 Å². The van der Waals surface area contributed by atoms with Gasteiger partial charge in [0.05, 0.1) is 11.3 Å². The molecule has 1 aliphatic rings. The number of anilines is 1. The highest BCUT2D eigenvalue weighted by molar-refractivity contribution is 9.10. The van der Waals surface area contributed by atoms with Crippen LogP contribution < -0.4 is 4.90 Å². The van der Waals surface area contributed by atoms with E-state index in [0.29, 0.717) is 10.2 Å². The minimum absolute atomic E-state index is 0.286. The molecule has 0 bridgehead atoms. The van der Waals surface area contributed by atoms with Crippen LogP contribution in [-0.4, -0.2) is 11.8 Å². The van der Waals surface area contributed by atoms with Gasteiger partial charge in [-0.3, -0.25) is 9.59 Å². The van der Waals surface area contributed by atoms with Gasteiger partial charge in [0.15, 0.2) is 0 Å². The van der Waals surface area contributed by atoms with E-state index in [0.717, 1.165) is 4.90 Å². The fourth-order valence-corrected chi connectivity index (χ4v) is 1.77. The van der Waals surface area contributed by atoms with Crippen molar-refractivity contribution in [2.45, 2.75) is 0 Å². The minimum Gasteiger partial charge on any atom is -0.269 e. The van der Waals surface area contributed by atoms with E-state index in [1.54, 1.807) is 18.2 Å². The molecular weight excluding hydrogens is 272 g/mol. The number of hydrogen-bond donors (Lipinski definition) is 0. The Morgan fingerprint density at radius 3 is 2.38 bits per heavy atom. The van der Waals surface area contributed by atoms with Crippen LogP contribution in [0.5, 0.6) is 0 Å². The number of hydrogen-bond acceptors (Lipinski definition) is 3. The Balaban J connectivity index is 2.56. The molecule has 16 heavy (non-hydrogen) atoms. The molecule has 0 aliphatic carbocycles. The lowest BCUT2D eigenvalue weighted by Crippen LogP contribution is -2.30. The maximum Gasteiger partial charge on any atom is 0.258 e. The van der Waals surface area contributed by atoms with E-state index in [-0.39, 0.29) is 5.56 Å². The van der Waals surface area contributed by atoms with E-state index in [2.05, 4.69) is 15.9 Å². The van der Waals surface area contributed by atoms with Gasteiger partial charge in [0.2, 0.25) is 0 Å². The van der Waals surface area contributed by atoms with Crippen molar-refractivity contribution in [3.63, 3.8) is 0 Å². The zero-order valence-corrected chi connectivity index (χ0v) is 9.56. The van der Waals surface area contributed by atoms with E-state index in [1.807, 2.05) is 6.07 Å². The predicted octanol–water partition coefficient (Wildman–Crippen LogP) is 1.75. The number of imide groups is 1. The molecule has 2 rings (SSSR count). The van der Waals surface area contributed by atoms with Crippen molar-refractivity contribution in [3.05, 3.63) is 40.4 Å². The summed E-state index contributed by atoms with van der Waals surface area (Å²) in [5.41, 5.74) is 0.588. The molecule has 5 heteroatoms. The normalized spacial score (nSPS) is 14.4. The lowest BCUT2D eigenvalue weighted by molar-refractivity contribution is -0.119. The monoisotopic (exact) mass is 276 g/mol. The molecule has 0 aromatic heterocycles. The quantitative estimate of drug-likeness (QED) is 0.735. The molecule has 0 unspecified atom stereocenters. The summed E-state index contributed by atoms with van der Waals surface area (Å²) in [6.07, 6.45) is 2.37. The number of halogens is 1. The van der Waals surface area contributed by atoms with Crippen LogP contribution in [0.25, 0.3) is 0 Å². The van der Waals surface area contributed by atoms with Crippen LogP contribution in [0.3, 0.4) is 0 Å². The number of carbonyl (C=O) groups excluding carboxylic acids is 2. The molecule has 0 saturated heterocycles. The smallest absolute Gasteiger partial charge is 0.258 e. The number of carbonyl (C=O) groups is 2. The summed E-state index contributed by atoms with van der Waals surface area (Å²) in [5.74, 6) is -0.862. The van der Waals surface area contributed by atoms with Crippen molar-refractivity contribution in [2.75, 3.05) is 4.90 Å². The molecule has 0 fully saturated rings. The summed E-state index contributed by atoms with van der Waals surface area (Å²) in [5, 5.41) is 8.91. The summed E-state index contributed by atoms with van der Waals surface area (Å²) in [6, 6.07) is 6.75. The lowest BCUT2D eigenvalue weighted by atomic mass is 10.2. The first kappa shape index (κ1) is 10.6. The van der Waals surface area contributed by atoms with Gasteiger partial charge < -0.3 is 0 Å². The summed E-state index contributed by atoms with van der Waals surface area (Å²) in [4.78, 5) is 23.9. The average Bonchev–Trinajstić information content (AvgIpc) is 2.58. The molecule has 0 radical (unpaired) electrons. The maximum absolute atomic E-state index is 11.5. The standard InChI is InChI=1S/C11H5BrN2O2/c12-8-2-1-7(6-13)9(5-8)14-10(15)3-4-11(14)16/h1-5H. The van der Waals surface area contributed by atoms with Gasteiger partial charge in [-0.25, -0.2) is 4.90 Å². The first-order valence-electron chi connectivity index (χ1n) is 4.39. The molecule has 1 aliphatic heterocycles. The second-order valence-corrected chi connectivity index (χ2v) is 4.03. The highest BCUT2D eigenvalue weighted by Crippen LogP contribution is 2.26. The van der Waals surface area contributed by atoms with Gasteiger partial charge >= 0.3 is 0 Å². The first-order valence-corrected chi connectivity index (χ1v) is 5.18. The third-order valence-electron chi connectivity index (χ3n) is 2.13. The van der Waals surface area contributed by atoms with Crippen LogP contribution >= 0.6 is 15.9 Å². The van der Waals surface area contributed by atoms with Crippen LogP contribution in [0.2, 0.25) is 0 Å². The summed E-state index contributed by atoms with van der Waals surface area (Å²) in [7, 11) is 0. The highest BCUT2D eigenvalue weighted by Gasteiger charge is 2.27. The van der Waals surface area contributed by atoms with Crippen LogP contribution in [0, 0.1) is 11.3 Å². The largest absolute Gasteiger partial charge is 0.269 e. The van der Waals surface area contributed by atoms with Crippen molar-refractivity contribution in [1.29, 1.82) is 5.26 Å². The van der Waals surface area contributed by atoms with E-state index >= 15 is 0 Å². The van der Waals surface area contributed by atoms with Gasteiger partial charge in [0, 0.05) is 16.6 Å². The highest BCUT2D eigenvalue weighted by atomic mass is 79.9. The van der Waals surface area contributed by atoms with Crippen LogP contribution in [0.15, 0.2) is 34.8 Å². The number of rotatable bonds is 1. The van der Waals surface area contributed by atoms with Crippen LogP contribution in [0.4, 0.5) is 5.69 Å². The van der Waals surface area contributed by atoms with Gasteiger partial charge in [-0.2, -0.15) is 5.26 Å². The van der Waals surface area contributed by atoms with Gasteiger partial charge in [-0.05, 0) is 18.2 Å². The van der Waals surface area contributed by atoms with Crippen LogP contribution in [0.1, 0.15) is 5.56 Å². The molecule has 1 heterocycles. The van der Waals surface area contributed by atoms with E-state index in [9.17, 15) is 9.59 Å². The molecule has 2 amide bonds. The fourth-order valence-electron chi connectivity index (χ4n) is 1.42. The fraction of sp³-hybridized carbons (Fsp3) is 0. The number of nitrogens with zero attached hydrogens (tertiary/aromatic N) is 2. The first-order chi connectivity index (χ1) is 7.63. The van der Waals surface area contributed by atoms with Gasteiger partial charge in [0.25, 0.3) is 11.8 Å². The van der Waals surface area contributed by atoms with Crippen LogP contribution in [-0.2, 0) is 9.59 Å². The van der Waals surface area contributed by atoms with Crippen molar-refractivity contribution < 1.29 is 9.59 Å². The van der Waals surface area contributed by atoms with Gasteiger partial charge in [-0.15, -0.1) is 0 Å². The molecular formula is C11H5BrN2O2. The average molecular weight is 277 g/mol. The lowest BCUT2D eigenvalue weighted by Gasteiger charge is -2.15. The number of amides is 2. The van der Waals surface area contributed by atoms with E-state index in [1.165, 1.54) is 12.2 Å². The molecule has 0 spiro atoms. The third kappa shape index (κ3) is 1.64. The van der Waals surface area contributed by atoms with Crippen molar-refractivity contribution >= 4 is 33.4 Å². The second-order valence-electron chi connectivity index (χ2n) is 3.12. The summed E-state index contributed by atoms with van der Waals surface area (Å²) in [6.45, 7) is 0. The Morgan fingerprint density at radius 2 is 1.81 bits per heavy atom. The van der Waals surface area contributed by atoms with E-state index < -0.39 is 11.8 Å². The summed E-state index contributed by atoms with van der Waals surface area (Å²) < 4.78 is 0.703. The Labute approximate surface area is 99.9 Å². The molecule has 0 saturated carbocycles. The van der Waals surface area contributed by atoms with Crippen molar-refractivity contribution in [2.24, 2.45) is 0 Å². The van der Waals surface area contributed by atoms with Gasteiger partial charge in [-0.1, -0.05) is 15.9 Å². The third-order valence-corrected chi connectivity index (χ3v) is 2.62. The van der Waals surface area contributed by atoms with Crippen molar-refractivity contribution in [1.82, 2.24) is 0 Å². The predicted molar refractivity (Wildman–Crippen MR) is 60.5 cm³/mol. The SMILES string of the molecule is N#Cc1ccc(Br)cc1N1C(=O)C=CC1=O. The Morgan fingerprint density at radius 1 is 1.19 bits per heavy atom. The number of nitriles is 1. The number of benzene rings is 1. The van der Waals surface area contributed by atoms with E-state index in [4.69, 9.17) is 5.26 Å². The molecule has 1 aromatic rings. The summed E-state index contributed by atoms with van der Waals surface area (Å²) >= 11 is 3.23. The molecule has 78 valence electrons. The molecule has 0 N–H and O–H groups in total. The second kappa shape index (κ2) is 3.91. The van der Waals surface area contributed by atoms with Gasteiger partial charge in [0.1, 0.15) is 6.07 Å². The zero-order chi connectivity index (χ0) is 11.7. The minimum atomic E-state index is -0.431. The molecule has 4 nitrogen and oxygen atoms in total. The maximum atomic E-state index is 11.5. The molecule has 1 aromatic carbocycles. The Kier molecular flexibility index (Phi) is 2.59. The molecule has 0 atom stereocenters. The Hall–Kier alpha value is -1.93. The zero-order valence-electron chi connectivity index (χ0n) is 7.98. The topological polar surface area (TPSA) is 61.2 Å². The Bertz CT molecular complexity index is 540.